The van der Waals surface area contributed by atoms with Crippen LogP contribution >= 0.6 is 11.3 Å². The van der Waals surface area contributed by atoms with Gasteiger partial charge in [-0.25, -0.2) is 0 Å². The first-order valence-electron chi connectivity index (χ1n) is 15.5. The van der Waals surface area contributed by atoms with Gasteiger partial charge in [0, 0.05) is 36.5 Å². The molecular weight excluding hydrogens is 579 g/mol. The maximum absolute atomic E-state index is 4.74. The standard InChI is InChI=1S/C42H25N3S/c1-2-9-29-24-31(21-18-26(29)8-1)41-43-44-42-36-12-4-3-10-33(36)37-25-30(22-23-38(37)45(41)42)27-16-19-28(20-17-27)32-13-7-14-35-34-11-5-6-15-39(34)46-40(32)35/h1-25H. The number of hydrogen-bond donors (Lipinski definition) is 0. The second-order valence-corrected chi connectivity index (χ2v) is 12.9. The third-order valence-corrected chi connectivity index (χ3v) is 10.5. The Labute approximate surface area is 268 Å². The Bertz CT molecular complexity index is 2810. The van der Waals surface area contributed by atoms with E-state index in [1.807, 2.05) is 11.3 Å². The van der Waals surface area contributed by atoms with Gasteiger partial charge in [-0.3, -0.25) is 4.40 Å². The zero-order valence-corrected chi connectivity index (χ0v) is 25.5. The van der Waals surface area contributed by atoms with Crippen LogP contribution in [-0.4, -0.2) is 14.6 Å². The second kappa shape index (κ2) is 9.83. The molecule has 0 aliphatic carbocycles. The molecule has 46 heavy (non-hydrogen) atoms. The minimum Gasteiger partial charge on any atom is -0.274 e. The predicted molar refractivity (Wildman–Crippen MR) is 195 cm³/mol. The van der Waals surface area contributed by atoms with E-state index in [-0.39, 0.29) is 0 Å². The van der Waals surface area contributed by atoms with Crippen LogP contribution in [0.15, 0.2) is 152 Å². The molecule has 0 amide bonds. The summed E-state index contributed by atoms with van der Waals surface area (Å²) in [6, 6.07) is 54.7. The fourth-order valence-electron chi connectivity index (χ4n) is 7.06. The highest BCUT2D eigenvalue weighted by molar-refractivity contribution is 7.26. The van der Waals surface area contributed by atoms with Gasteiger partial charge in [0.15, 0.2) is 11.5 Å². The highest BCUT2D eigenvalue weighted by Gasteiger charge is 2.17. The molecule has 0 aliphatic heterocycles. The van der Waals surface area contributed by atoms with Crippen molar-refractivity contribution in [3.63, 3.8) is 0 Å². The molecule has 0 spiro atoms. The fourth-order valence-corrected chi connectivity index (χ4v) is 8.30. The molecule has 0 saturated heterocycles. The van der Waals surface area contributed by atoms with Crippen molar-refractivity contribution < 1.29 is 0 Å². The predicted octanol–water partition coefficient (Wildman–Crippen LogP) is 11.6. The highest BCUT2D eigenvalue weighted by Crippen LogP contribution is 2.41. The van der Waals surface area contributed by atoms with Crippen LogP contribution in [-0.2, 0) is 0 Å². The zero-order chi connectivity index (χ0) is 30.2. The average molecular weight is 604 g/mol. The summed E-state index contributed by atoms with van der Waals surface area (Å²) in [7, 11) is 0. The Morgan fingerprint density at radius 1 is 0.435 bits per heavy atom. The quantitative estimate of drug-likeness (QED) is 0.188. The molecule has 0 aliphatic rings. The number of nitrogens with zero attached hydrogens (tertiary/aromatic N) is 3. The normalized spacial score (nSPS) is 11.9. The number of benzene rings is 7. The van der Waals surface area contributed by atoms with Crippen LogP contribution in [0.5, 0.6) is 0 Å². The van der Waals surface area contributed by atoms with Crippen molar-refractivity contribution in [2.45, 2.75) is 0 Å². The van der Waals surface area contributed by atoms with Gasteiger partial charge in [-0.1, -0.05) is 127 Å². The molecule has 3 nitrogen and oxygen atoms in total. The van der Waals surface area contributed by atoms with Crippen LogP contribution in [0.4, 0.5) is 0 Å². The third-order valence-electron chi connectivity index (χ3n) is 9.30. The first-order valence-corrected chi connectivity index (χ1v) is 16.3. The second-order valence-electron chi connectivity index (χ2n) is 11.9. The number of hydrogen-bond acceptors (Lipinski definition) is 3. The molecule has 3 heterocycles. The van der Waals surface area contributed by atoms with Crippen molar-refractivity contribution in [1.82, 2.24) is 14.6 Å². The fraction of sp³-hybridized carbons (Fsp3) is 0. The molecule has 214 valence electrons. The van der Waals surface area contributed by atoms with Crippen molar-refractivity contribution in [3.05, 3.63) is 152 Å². The maximum atomic E-state index is 4.74. The molecule has 0 bridgehead atoms. The number of thiophene rings is 1. The van der Waals surface area contributed by atoms with Crippen molar-refractivity contribution in [3.8, 4) is 33.6 Å². The minimum absolute atomic E-state index is 0.851. The molecule has 10 aromatic rings. The van der Waals surface area contributed by atoms with Gasteiger partial charge in [0.05, 0.1) is 5.52 Å². The van der Waals surface area contributed by atoms with Gasteiger partial charge in [0.1, 0.15) is 0 Å². The van der Waals surface area contributed by atoms with E-state index in [1.165, 1.54) is 64.0 Å². The van der Waals surface area contributed by atoms with Crippen LogP contribution < -0.4 is 0 Å². The first kappa shape index (κ1) is 25.5. The lowest BCUT2D eigenvalue weighted by molar-refractivity contribution is 1.12. The Hall–Kier alpha value is -5.84. The lowest BCUT2D eigenvalue weighted by Crippen LogP contribution is -1.95. The highest BCUT2D eigenvalue weighted by atomic mass is 32.1. The lowest BCUT2D eigenvalue weighted by Gasteiger charge is -2.12. The molecule has 0 atom stereocenters. The van der Waals surface area contributed by atoms with E-state index >= 15 is 0 Å². The molecule has 0 fully saturated rings. The SMILES string of the molecule is c1ccc2cc(-c3nnc4c5ccccc5c5cc(-c6ccc(-c7cccc8c7sc7ccccc78)cc6)ccc5n34)ccc2c1. The monoisotopic (exact) mass is 603 g/mol. The number of rotatable bonds is 3. The van der Waals surface area contributed by atoms with E-state index in [1.54, 1.807) is 0 Å². The van der Waals surface area contributed by atoms with E-state index in [0.29, 0.717) is 0 Å². The molecule has 10 rings (SSSR count). The van der Waals surface area contributed by atoms with Gasteiger partial charge in [0.2, 0.25) is 0 Å². The average Bonchev–Trinajstić information content (AvgIpc) is 3.74. The molecule has 0 saturated carbocycles. The van der Waals surface area contributed by atoms with Gasteiger partial charge in [-0.15, -0.1) is 21.5 Å². The summed E-state index contributed by atoms with van der Waals surface area (Å²) in [5.41, 5.74) is 7.92. The molecular formula is C42H25N3S. The number of aromatic nitrogens is 3. The minimum atomic E-state index is 0.851. The van der Waals surface area contributed by atoms with Gasteiger partial charge in [-0.05, 0) is 62.7 Å². The molecule has 0 unspecified atom stereocenters. The summed E-state index contributed by atoms with van der Waals surface area (Å²) in [5.74, 6) is 0.851. The van der Waals surface area contributed by atoms with Crippen LogP contribution in [0.1, 0.15) is 0 Å². The third kappa shape index (κ3) is 3.77. The summed E-state index contributed by atoms with van der Waals surface area (Å²) in [6.07, 6.45) is 0. The van der Waals surface area contributed by atoms with Crippen molar-refractivity contribution >= 4 is 69.6 Å². The topological polar surface area (TPSA) is 30.2 Å². The summed E-state index contributed by atoms with van der Waals surface area (Å²) in [4.78, 5) is 0. The summed E-state index contributed by atoms with van der Waals surface area (Å²) < 4.78 is 4.89. The van der Waals surface area contributed by atoms with E-state index in [9.17, 15) is 0 Å². The largest absolute Gasteiger partial charge is 0.274 e. The van der Waals surface area contributed by atoms with Gasteiger partial charge < -0.3 is 0 Å². The van der Waals surface area contributed by atoms with Crippen LogP contribution in [0, 0.1) is 0 Å². The Kier molecular flexibility index (Phi) is 5.45. The zero-order valence-electron chi connectivity index (χ0n) is 24.7. The summed E-state index contributed by atoms with van der Waals surface area (Å²) >= 11 is 1.88. The van der Waals surface area contributed by atoms with Crippen molar-refractivity contribution in [1.29, 1.82) is 0 Å². The first-order chi connectivity index (χ1) is 22.8. The Morgan fingerprint density at radius 3 is 2.02 bits per heavy atom. The molecule has 0 N–H and O–H groups in total. The van der Waals surface area contributed by atoms with E-state index in [4.69, 9.17) is 10.2 Å². The van der Waals surface area contributed by atoms with Gasteiger partial charge >= 0.3 is 0 Å². The van der Waals surface area contributed by atoms with Gasteiger partial charge in [-0.2, -0.15) is 0 Å². The van der Waals surface area contributed by atoms with Gasteiger partial charge in [0.25, 0.3) is 0 Å². The molecule has 4 heteroatoms. The van der Waals surface area contributed by atoms with E-state index in [0.717, 1.165) is 27.9 Å². The molecule has 3 aromatic heterocycles. The molecule has 7 aromatic carbocycles. The summed E-state index contributed by atoms with van der Waals surface area (Å²) in [6.45, 7) is 0. The Morgan fingerprint density at radius 2 is 1.13 bits per heavy atom. The Balaban J connectivity index is 1.12. The van der Waals surface area contributed by atoms with E-state index in [2.05, 4.69) is 156 Å². The van der Waals surface area contributed by atoms with Crippen LogP contribution in [0.25, 0.3) is 91.9 Å². The van der Waals surface area contributed by atoms with Crippen molar-refractivity contribution in [2.75, 3.05) is 0 Å². The van der Waals surface area contributed by atoms with E-state index < -0.39 is 0 Å². The number of fused-ring (bicyclic) bond motifs is 10. The van der Waals surface area contributed by atoms with Crippen molar-refractivity contribution in [2.24, 2.45) is 0 Å². The summed E-state index contributed by atoms with van der Waals surface area (Å²) in [5, 5.41) is 18.0. The lowest BCUT2D eigenvalue weighted by atomic mass is 9.97. The molecule has 0 radical (unpaired) electrons. The number of pyridine rings is 1. The van der Waals surface area contributed by atoms with Crippen LogP contribution in [0.2, 0.25) is 0 Å². The smallest absolute Gasteiger partial charge is 0.169 e. The maximum Gasteiger partial charge on any atom is 0.169 e. The van der Waals surface area contributed by atoms with Crippen LogP contribution in [0.3, 0.4) is 0 Å².